The number of hydrogen-bond acceptors (Lipinski definition) is 6. The molecule has 0 rings (SSSR count). The SMILES string of the molecule is COCCCOCCSCCC(NC(=O)OC(C)(C)C)C(=O)O. The van der Waals surface area contributed by atoms with Gasteiger partial charge in [-0.05, 0) is 39.4 Å². The molecule has 0 bridgehead atoms. The second-order valence-electron chi connectivity index (χ2n) is 5.90. The highest BCUT2D eigenvalue weighted by Gasteiger charge is 2.23. The first-order chi connectivity index (χ1) is 10.8. The van der Waals surface area contributed by atoms with Crippen molar-refractivity contribution in [2.45, 2.75) is 45.3 Å². The highest BCUT2D eigenvalue weighted by molar-refractivity contribution is 7.99. The van der Waals surface area contributed by atoms with Crippen LogP contribution in [0.3, 0.4) is 0 Å². The average Bonchev–Trinajstić information content (AvgIpc) is 2.42. The zero-order valence-corrected chi connectivity index (χ0v) is 15.2. The summed E-state index contributed by atoms with van der Waals surface area (Å²) in [5.74, 6) is 0.340. The van der Waals surface area contributed by atoms with Gasteiger partial charge in [0.15, 0.2) is 0 Å². The Hall–Kier alpha value is -0.990. The normalized spacial score (nSPS) is 12.7. The van der Waals surface area contributed by atoms with Gasteiger partial charge in [-0.25, -0.2) is 9.59 Å². The Morgan fingerprint density at radius 1 is 1.17 bits per heavy atom. The Morgan fingerprint density at radius 3 is 2.43 bits per heavy atom. The molecule has 0 saturated heterocycles. The number of ether oxygens (including phenoxy) is 3. The summed E-state index contributed by atoms with van der Waals surface area (Å²) in [7, 11) is 1.65. The third kappa shape index (κ3) is 14.3. The molecule has 0 spiro atoms. The molecule has 0 aromatic carbocycles. The lowest BCUT2D eigenvalue weighted by atomic mass is 10.2. The maximum Gasteiger partial charge on any atom is 0.408 e. The summed E-state index contributed by atoms with van der Waals surface area (Å²) in [5, 5.41) is 11.5. The molecule has 0 aliphatic rings. The van der Waals surface area contributed by atoms with Crippen LogP contribution in [0.15, 0.2) is 0 Å². The van der Waals surface area contributed by atoms with Crippen molar-refractivity contribution in [2.24, 2.45) is 0 Å². The smallest absolute Gasteiger partial charge is 0.408 e. The van der Waals surface area contributed by atoms with E-state index in [1.165, 1.54) is 0 Å². The molecule has 2 N–H and O–H groups in total. The van der Waals surface area contributed by atoms with Gasteiger partial charge in [0.2, 0.25) is 0 Å². The number of carbonyl (C=O) groups is 2. The Balaban J connectivity index is 3.81. The maximum atomic E-state index is 11.6. The molecule has 23 heavy (non-hydrogen) atoms. The molecule has 136 valence electrons. The Labute approximate surface area is 142 Å². The minimum absolute atomic E-state index is 0.336. The van der Waals surface area contributed by atoms with Crippen LogP contribution in [0.5, 0.6) is 0 Å². The monoisotopic (exact) mass is 351 g/mol. The van der Waals surface area contributed by atoms with Gasteiger partial charge in [-0.3, -0.25) is 0 Å². The summed E-state index contributed by atoms with van der Waals surface area (Å²) < 4.78 is 15.4. The Kier molecular flexibility index (Phi) is 11.9. The number of carbonyl (C=O) groups excluding carboxylic acids is 1. The molecule has 7 nitrogen and oxygen atoms in total. The third-order valence-electron chi connectivity index (χ3n) is 2.55. The minimum Gasteiger partial charge on any atom is -0.480 e. The van der Waals surface area contributed by atoms with E-state index < -0.39 is 23.7 Å². The fraction of sp³-hybridized carbons (Fsp3) is 0.867. The number of methoxy groups -OCH3 is 1. The molecule has 0 aliphatic carbocycles. The fourth-order valence-corrected chi connectivity index (χ4v) is 2.38. The number of aliphatic carboxylic acids is 1. The molecule has 1 atom stereocenters. The van der Waals surface area contributed by atoms with Crippen molar-refractivity contribution in [1.29, 1.82) is 0 Å². The van der Waals surface area contributed by atoms with E-state index in [1.54, 1.807) is 39.6 Å². The first-order valence-electron chi connectivity index (χ1n) is 7.63. The molecule has 1 unspecified atom stereocenters. The number of alkyl carbamates (subject to hydrolysis) is 1. The van der Waals surface area contributed by atoms with Gasteiger partial charge < -0.3 is 24.6 Å². The Morgan fingerprint density at radius 2 is 1.87 bits per heavy atom. The van der Waals surface area contributed by atoms with Gasteiger partial charge in [0.25, 0.3) is 0 Å². The van der Waals surface area contributed by atoms with Gasteiger partial charge in [0.05, 0.1) is 6.61 Å². The molecule has 1 amide bonds. The zero-order valence-electron chi connectivity index (χ0n) is 14.4. The van der Waals surface area contributed by atoms with Gasteiger partial charge in [0.1, 0.15) is 11.6 Å². The van der Waals surface area contributed by atoms with Crippen molar-refractivity contribution in [1.82, 2.24) is 5.32 Å². The van der Waals surface area contributed by atoms with Gasteiger partial charge in [0, 0.05) is 26.1 Å². The van der Waals surface area contributed by atoms with E-state index in [2.05, 4.69) is 5.32 Å². The number of hydrogen-bond donors (Lipinski definition) is 2. The maximum absolute atomic E-state index is 11.6. The quantitative estimate of drug-likeness (QED) is 0.520. The summed E-state index contributed by atoms with van der Waals surface area (Å²) in [6, 6.07) is -0.944. The minimum atomic E-state index is -1.06. The number of carboxylic acid groups (broad SMARTS) is 1. The van der Waals surface area contributed by atoms with E-state index in [-0.39, 0.29) is 0 Å². The van der Waals surface area contributed by atoms with Gasteiger partial charge in [-0.2, -0.15) is 11.8 Å². The van der Waals surface area contributed by atoms with Gasteiger partial charge in [-0.1, -0.05) is 0 Å². The third-order valence-corrected chi connectivity index (χ3v) is 3.53. The second-order valence-corrected chi connectivity index (χ2v) is 7.12. The highest BCUT2D eigenvalue weighted by Crippen LogP contribution is 2.09. The van der Waals surface area contributed by atoms with Crippen molar-refractivity contribution in [2.75, 3.05) is 38.4 Å². The van der Waals surface area contributed by atoms with E-state index in [0.717, 1.165) is 12.2 Å². The summed E-state index contributed by atoms with van der Waals surface area (Å²) in [6.07, 6.45) is 0.488. The summed E-state index contributed by atoms with van der Waals surface area (Å²) in [4.78, 5) is 22.8. The van der Waals surface area contributed by atoms with Gasteiger partial charge in [-0.15, -0.1) is 0 Å². The first kappa shape index (κ1) is 22.0. The number of thioether (sulfide) groups is 1. The lowest BCUT2D eigenvalue weighted by Crippen LogP contribution is -2.43. The van der Waals surface area contributed by atoms with Gasteiger partial charge >= 0.3 is 12.1 Å². The molecule has 0 aromatic rings. The molecule has 0 heterocycles. The van der Waals surface area contributed by atoms with Crippen LogP contribution in [-0.4, -0.2) is 67.2 Å². The van der Waals surface area contributed by atoms with Crippen LogP contribution in [0.1, 0.15) is 33.6 Å². The van der Waals surface area contributed by atoms with Crippen molar-refractivity contribution < 1.29 is 28.9 Å². The van der Waals surface area contributed by atoms with Crippen LogP contribution in [0.2, 0.25) is 0 Å². The van der Waals surface area contributed by atoms with Crippen molar-refractivity contribution in [3.8, 4) is 0 Å². The van der Waals surface area contributed by atoms with E-state index in [1.807, 2.05) is 0 Å². The molecular weight excluding hydrogens is 322 g/mol. The second kappa shape index (κ2) is 12.4. The number of carboxylic acids is 1. The van der Waals surface area contributed by atoms with Crippen LogP contribution in [0.25, 0.3) is 0 Å². The molecule has 0 aromatic heterocycles. The Bertz CT molecular complexity index is 345. The summed E-state index contributed by atoms with van der Waals surface area (Å²) in [6.45, 7) is 7.14. The summed E-state index contributed by atoms with van der Waals surface area (Å²) in [5.41, 5.74) is -0.651. The van der Waals surface area contributed by atoms with Crippen LogP contribution in [0, 0.1) is 0 Å². The van der Waals surface area contributed by atoms with E-state index in [9.17, 15) is 9.59 Å². The van der Waals surface area contributed by atoms with E-state index >= 15 is 0 Å². The number of nitrogens with one attached hydrogen (secondary N) is 1. The first-order valence-corrected chi connectivity index (χ1v) is 8.78. The standard InChI is InChI=1S/C15H29NO6S/c1-15(2,3)22-14(19)16-12(13(17)18)6-10-23-11-9-21-8-5-7-20-4/h12H,5-11H2,1-4H3,(H,16,19)(H,17,18). The molecule has 0 aliphatic heterocycles. The lowest BCUT2D eigenvalue weighted by molar-refractivity contribution is -0.139. The largest absolute Gasteiger partial charge is 0.480 e. The zero-order chi connectivity index (χ0) is 17.7. The molecule has 0 radical (unpaired) electrons. The van der Waals surface area contributed by atoms with Crippen molar-refractivity contribution >= 4 is 23.8 Å². The van der Waals surface area contributed by atoms with Crippen molar-refractivity contribution in [3.63, 3.8) is 0 Å². The van der Waals surface area contributed by atoms with Crippen LogP contribution >= 0.6 is 11.8 Å². The predicted octanol–water partition coefficient (Wildman–Crippen LogP) is 2.14. The van der Waals surface area contributed by atoms with E-state index in [0.29, 0.717) is 32.0 Å². The predicted molar refractivity (Wildman–Crippen MR) is 90.0 cm³/mol. The van der Waals surface area contributed by atoms with E-state index in [4.69, 9.17) is 19.3 Å². The highest BCUT2D eigenvalue weighted by atomic mass is 32.2. The molecule has 8 heteroatoms. The molecular formula is C15H29NO6S. The molecule has 0 fully saturated rings. The van der Waals surface area contributed by atoms with Crippen LogP contribution < -0.4 is 5.32 Å². The number of rotatable bonds is 12. The van der Waals surface area contributed by atoms with Crippen LogP contribution in [0.4, 0.5) is 4.79 Å². The van der Waals surface area contributed by atoms with Crippen molar-refractivity contribution in [3.05, 3.63) is 0 Å². The topological polar surface area (TPSA) is 94.1 Å². The number of amides is 1. The lowest BCUT2D eigenvalue weighted by Gasteiger charge is -2.21. The molecule has 0 saturated carbocycles. The van der Waals surface area contributed by atoms with Crippen LogP contribution in [-0.2, 0) is 19.0 Å². The fourth-order valence-electron chi connectivity index (χ4n) is 1.54. The summed E-state index contributed by atoms with van der Waals surface area (Å²) >= 11 is 1.59. The average molecular weight is 351 g/mol.